The van der Waals surface area contributed by atoms with E-state index in [1.54, 1.807) is 0 Å². The first kappa shape index (κ1) is 16.4. The van der Waals surface area contributed by atoms with Crippen LogP contribution in [0.2, 0.25) is 0 Å². The maximum absolute atomic E-state index is 12.4. The third-order valence-corrected chi connectivity index (χ3v) is 5.71. The highest BCUT2D eigenvalue weighted by Gasteiger charge is 2.20. The maximum atomic E-state index is 12.4. The van der Waals surface area contributed by atoms with E-state index in [1.165, 1.54) is 16.7 Å². The van der Waals surface area contributed by atoms with Crippen LogP contribution in [-0.4, -0.2) is 22.3 Å². The zero-order chi connectivity index (χ0) is 14.6. The molecule has 0 saturated heterocycles. The van der Waals surface area contributed by atoms with E-state index in [0.717, 1.165) is 0 Å². The Morgan fingerprint density at radius 1 is 1.11 bits per heavy atom. The van der Waals surface area contributed by atoms with E-state index in [0.29, 0.717) is 11.7 Å². The maximum Gasteiger partial charge on any atom is 0.0434 e. The van der Waals surface area contributed by atoms with E-state index >= 15 is 0 Å². The molecular formula is C16H27NOS. The zero-order valence-electron chi connectivity index (χ0n) is 13.0. The number of benzene rings is 1. The normalized spacial score (nSPS) is 16.4. The van der Waals surface area contributed by atoms with Gasteiger partial charge in [0.15, 0.2) is 0 Å². The van der Waals surface area contributed by atoms with Crippen LogP contribution in [0.5, 0.6) is 0 Å². The van der Waals surface area contributed by atoms with Gasteiger partial charge in [-0.2, -0.15) is 0 Å². The van der Waals surface area contributed by atoms with Gasteiger partial charge >= 0.3 is 0 Å². The molecule has 1 aromatic rings. The summed E-state index contributed by atoms with van der Waals surface area (Å²) >= 11 is 0. The van der Waals surface area contributed by atoms with Crippen molar-refractivity contribution in [1.82, 2.24) is 5.32 Å². The SMILES string of the molecule is CNC(CS(=O)C(C)C(C)C)c1cc(C)cc(C)c1. The Balaban J connectivity index is 2.86. The van der Waals surface area contributed by atoms with Crippen LogP contribution >= 0.6 is 0 Å². The Bertz CT molecular complexity index is 422. The standard InChI is InChI=1S/C16H27NOS/c1-11(2)14(5)19(18)10-16(17-6)15-8-12(3)7-13(4)9-15/h7-9,11,14,16-17H,10H2,1-6H3. The van der Waals surface area contributed by atoms with Crippen molar-refractivity contribution in [2.75, 3.05) is 12.8 Å². The summed E-state index contributed by atoms with van der Waals surface area (Å²) in [5.74, 6) is 1.14. The molecule has 1 aromatic carbocycles. The zero-order valence-corrected chi connectivity index (χ0v) is 13.8. The molecule has 3 heteroatoms. The summed E-state index contributed by atoms with van der Waals surface area (Å²) in [5.41, 5.74) is 3.76. The average Bonchev–Trinajstić information content (AvgIpc) is 2.33. The molecule has 0 radical (unpaired) electrons. The molecule has 0 aliphatic rings. The van der Waals surface area contributed by atoms with Crippen molar-refractivity contribution >= 4 is 10.8 Å². The van der Waals surface area contributed by atoms with Gasteiger partial charge in [-0.25, -0.2) is 0 Å². The second-order valence-corrected chi connectivity index (χ2v) is 7.60. The van der Waals surface area contributed by atoms with Gasteiger partial charge in [-0.1, -0.05) is 50.1 Å². The van der Waals surface area contributed by atoms with Crippen molar-refractivity contribution in [3.05, 3.63) is 34.9 Å². The average molecular weight is 281 g/mol. The van der Waals surface area contributed by atoms with Gasteiger partial charge in [0.1, 0.15) is 0 Å². The highest BCUT2D eigenvalue weighted by Crippen LogP contribution is 2.20. The van der Waals surface area contributed by atoms with Crippen molar-refractivity contribution in [2.24, 2.45) is 5.92 Å². The van der Waals surface area contributed by atoms with Gasteiger partial charge in [0, 0.05) is 27.8 Å². The number of hydrogen-bond acceptors (Lipinski definition) is 2. The molecule has 0 amide bonds. The summed E-state index contributed by atoms with van der Waals surface area (Å²) in [6.45, 7) is 10.6. The van der Waals surface area contributed by atoms with Crippen LogP contribution in [0, 0.1) is 19.8 Å². The summed E-state index contributed by atoms with van der Waals surface area (Å²) < 4.78 is 12.4. The highest BCUT2D eigenvalue weighted by molar-refractivity contribution is 7.85. The molecule has 3 unspecified atom stereocenters. The van der Waals surface area contributed by atoms with Gasteiger partial charge in [-0.3, -0.25) is 4.21 Å². The Labute approximate surface area is 120 Å². The minimum absolute atomic E-state index is 0.167. The van der Waals surface area contributed by atoms with Crippen LogP contribution in [0.3, 0.4) is 0 Å². The lowest BCUT2D eigenvalue weighted by atomic mass is 10.0. The van der Waals surface area contributed by atoms with Crippen molar-refractivity contribution in [3.63, 3.8) is 0 Å². The van der Waals surface area contributed by atoms with Crippen LogP contribution in [0.15, 0.2) is 18.2 Å². The van der Waals surface area contributed by atoms with Gasteiger partial charge in [0.25, 0.3) is 0 Å². The van der Waals surface area contributed by atoms with Crippen LogP contribution < -0.4 is 5.32 Å². The Hall–Kier alpha value is -0.670. The summed E-state index contributed by atoms with van der Waals surface area (Å²) in [5, 5.41) is 3.54. The molecule has 0 aromatic heterocycles. The molecule has 108 valence electrons. The van der Waals surface area contributed by atoms with E-state index in [4.69, 9.17) is 0 Å². The number of nitrogens with one attached hydrogen (secondary N) is 1. The number of aryl methyl sites for hydroxylation is 2. The van der Waals surface area contributed by atoms with Gasteiger partial charge in [0.2, 0.25) is 0 Å². The topological polar surface area (TPSA) is 29.1 Å². The van der Waals surface area contributed by atoms with E-state index in [9.17, 15) is 4.21 Å². The van der Waals surface area contributed by atoms with Crippen LogP contribution in [0.4, 0.5) is 0 Å². The van der Waals surface area contributed by atoms with E-state index < -0.39 is 10.8 Å². The van der Waals surface area contributed by atoms with E-state index in [-0.39, 0.29) is 11.3 Å². The Kier molecular flexibility index (Phi) is 6.21. The first-order valence-electron chi connectivity index (χ1n) is 6.97. The first-order valence-corrected chi connectivity index (χ1v) is 8.36. The quantitative estimate of drug-likeness (QED) is 0.866. The molecule has 0 saturated carbocycles. The second-order valence-electron chi connectivity index (χ2n) is 5.76. The van der Waals surface area contributed by atoms with Crippen LogP contribution in [0.25, 0.3) is 0 Å². The summed E-state index contributed by atoms with van der Waals surface area (Å²) in [4.78, 5) is 0. The third-order valence-electron chi connectivity index (χ3n) is 3.68. The largest absolute Gasteiger partial charge is 0.312 e. The third kappa shape index (κ3) is 4.73. The fourth-order valence-corrected chi connectivity index (χ4v) is 3.78. The van der Waals surface area contributed by atoms with E-state index in [1.807, 2.05) is 7.05 Å². The second kappa shape index (κ2) is 7.20. The number of hydrogen-bond donors (Lipinski definition) is 1. The summed E-state index contributed by atoms with van der Waals surface area (Å²) in [7, 11) is 1.14. The van der Waals surface area contributed by atoms with Crippen LogP contribution in [0.1, 0.15) is 43.5 Å². The molecule has 0 bridgehead atoms. The fraction of sp³-hybridized carbons (Fsp3) is 0.625. The van der Waals surface area contributed by atoms with Gasteiger partial charge in [-0.05, 0) is 32.4 Å². The van der Waals surface area contributed by atoms with E-state index in [2.05, 4.69) is 58.1 Å². The molecule has 0 aliphatic carbocycles. The van der Waals surface area contributed by atoms with Crippen molar-refractivity contribution in [2.45, 2.75) is 45.9 Å². The molecular weight excluding hydrogens is 254 g/mol. The minimum atomic E-state index is -0.801. The lowest BCUT2D eigenvalue weighted by Crippen LogP contribution is -2.28. The molecule has 0 aliphatic heterocycles. The smallest absolute Gasteiger partial charge is 0.0434 e. The predicted molar refractivity (Wildman–Crippen MR) is 85.0 cm³/mol. The lowest BCUT2D eigenvalue weighted by Gasteiger charge is -2.21. The highest BCUT2D eigenvalue weighted by atomic mass is 32.2. The van der Waals surface area contributed by atoms with Crippen LogP contribution in [-0.2, 0) is 10.8 Å². The van der Waals surface area contributed by atoms with Gasteiger partial charge < -0.3 is 5.32 Å². The molecule has 0 heterocycles. The summed E-state index contributed by atoms with van der Waals surface area (Å²) in [6, 6.07) is 6.71. The lowest BCUT2D eigenvalue weighted by molar-refractivity contribution is 0.589. The fourth-order valence-electron chi connectivity index (χ4n) is 2.18. The van der Waals surface area contributed by atoms with Crippen molar-refractivity contribution in [3.8, 4) is 0 Å². The molecule has 3 atom stereocenters. The Morgan fingerprint density at radius 2 is 1.63 bits per heavy atom. The first-order chi connectivity index (χ1) is 8.85. The molecule has 19 heavy (non-hydrogen) atoms. The monoisotopic (exact) mass is 281 g/mol. The van der Waals surface area contributed by atoms with Gasteiger partial charge in [-0.15, -0.1) is 0 Å². The summed E-state index contributed by atoms with van der Waals surface area (Å²) in [6.07, 6.45) is 0. The van der Waals surface area contributed by atoms with Crippen molar-refractivity contribution in [1.29, 1.82) is 0 Å². The Morgan fingerprint density at radius 3 is 2.05 bits per heavy atom. The van der Waals surface area contributed by atoms with Crippen molar-refractivity contribution < 1.29 is 4.21 Å². The van der Waals surface area contributed by atoms with Gasteiger partial charge in [0.05, 0.1) is 0 Å². The number of rotatable bonds is 6. The molecule has 1 N–H and O–H groups in total. The molecule has 2 nitrogen and oxygen atoms in total. The molecule has 0 fully saturated rings. The molecule has 0 spiro atoms. The predicted octanol–water partition coefficient (Wildman–Crippen LogP) is 3.36. The minimum Gasteiger partial charge on any atom is -0.312 e. The molecule has 1 rings (SSSR count).